The molecule has 27 heavy (non-hydrogen) atoms. The van der Waals surface area contributed by atoms with Crippen molar-refractivity contribution in [3.8, 4) is 0 Å². The summed E-state index contributed by atoms with van der Waals surface area (Å²) in [6.07, 6.45) is 3.26. The minimum atomic E-state index is -0.506. The van der Waals surface area contributed by atoms with Crippen LogP contribution in [0.1, 0.15) is 25.3 Å². The number of benzene rings is 1. The van der Waals surface area contributed by atoms with Crippen molar-refractivity contribution in [2.75, 3.05) is 19.7 Å². The van der Waals surface area contributed by atoms with Crippen molar-refractivity contribution in [3.05, 3.63) is 48.2 Å². The van der Waals surface area contributed by atoms with Crippen molar-refractivity contribution in [2.45, 2.75) is 26.4 Å². The number of hydrogen-bond donors (Lipinski definition) is 1. The molecule has 1 aliphatic heterocycles. The van der Waals surface area contributed by atoms with Gasteiger partial charge in [0, 0.05) is 19.0 Å². The first-order valence-electron chi connectivity index (χ1n) is 8.88. The van der Waals surface area contributed by atoms with Gasteiger partial charge in [0.15, 0.2) is 0 Å². The molecule has 1 fully saturated rings. The summed E-state index contributed by atoms with van der Waals surface area (Å²) in [5.41, 5.74) is 6.87. The number of nitrogens with zero attached hydrogens (tertiary/aromatic N) is 2. The summed E-state index contributed by atoms with van der Waals surface area (Å²) in [4.78, 5) is 29.8. The van der Waals surface area contributed by atoms with Crippen LogP contribution in [-0.4, -0.2) is 42.5 Å². The second-order valence-corrected chi connectivity index (χ2v) is 5.98. The number of ether oxygens (including phenoxy) is 2. The molecule has 0 spiro atoms. The summed E-state index contributed by atoms with van der Waals surface area (Å²) in [6.45, 7) is 3.33. The molecule has 0 bridgehead atoms. The normalized spacial score (nSPS) is 15.6. The molecular formula is C19H25N3O5. The van der Waals surface area contributed by atoms with Crippen LogP contribution >= 0.6 is 0 Å². The van der Waals surface area contributed by atoms with Crippen LogP contribution in [0.3, 0.4) is 0 Å². The lowest BCUT2D eigenvalue weighted by molar-refractivity contribution is -0.137. The largest absolute Gasteiger partial charge is 0.463 e. The Morgan fingerprint density at radius 2 is 1.93 bits per heavy atom. The molecule has 1 amide bonds. The highest BCUT2D eigenvalue weighted by Crippen LogP contribution is 2.18. The van der Waals surface area contributed by atoms with Gasteiger partial charge in [-0.25, -0.2) is 9.59 Å². The fourth-order valence-electron chi connectivity index (χ4n) is 2.61. The molecule has 1 aromatic carbocycles. The van der Waals surface area contributed by atoms with E-state index in [9.17, 15) is 9.59 Å². The fraction of sp³-hybridized carbons (Fsp3) is 0.421. The molecule has 0 atom stereocenters. The van der Waals surface area contributed by atoms with Gasteiger partial charge in [-0.1, -0.05) is 35.5 Å². The number of piperidine rings is 1. The van der Waals surface area contributed by atoms with Crippen LogP contribution < -0.4 is 5.73 Å². The quantitative estimate of drug-likeness (QED) is 0.196. The van der Waals surface area contributed by atoms with Crippen molar-refractivity contribution in [3.63, 3.8) is 0 Å². The van der Waals surface area contributed by atoms with Gasteiger partial charge in [-0.3, -0.25) is 0 Å². The van der Waals surface area contributed by atoms with Gasteiger partial charge in [-0.15, -0.1) is 0 Å². The molecule has 1 aliphatic rings. The molecule has 0 unspecified atom stereocenters. The van der Waals surface area contributed by atoms with Crippen LogP contribution in [0.5, 0.6) is 0 Å². The van der Waals surface area contributed by atoms with Gasteiger partial charge in [0.2, 0.25) is 0 Å². The summed E-state index contributed by atoms with van der Waals surface area (Å²) in [5, 5.41) is 3.79. The van der Waals surface area contributed by atoms with E-state index in [1.165, 1.54) is 0 Å². The van der Waals surface area contributed by atoms with Crippen LogP contribution in [0.15, 0.2) is 47.8 Å². The zero-order chi connectivity index (χ0) is 19.5. The second-order valence-electron chi connectivity index (χ2n) is 5.98. The molecule has 0 radical (unpaired) electrons. The zero-order valence-electron chi connectivity index (χ0n) is 15.4. The summed E-state index contributed by atoms with van der Waals surface area (Å²) in [5.74, 6) is -0.159. The number of carbonyl (C=O) groups is 2. The maximum absolute atomic E-state index is 12.1. The zero-order valence-corrected chi connectivity index (χ0v) is 15.4. The summed E-state index contributed by atoms with van der Waals surface area (Å²) < 4.78 is 10.0. The van der Waals surface area contributed by atoms with Gasteiger partial charge in [0.1, 0.15) is 18.7 Å². The third kappa shape index (κ3) is 7.01. The Balaban J connectivity index is 1.71. The van der Waals surface area contributed by atoms with E-state index >= 15 is 0 Å². The van der Waals surface area contributed by atoms with Gasteiger partial charge >= 0.3 is 12.1 Å². The van der Waals surface area contributed by atoms with E-state index in [-0.39, 0.29) is 18.6 Å². The molecule has 8 nitrogen and oxygen atoms in total. The average molecular weight is 375 g/mol. The summed E-state index contributed by atoms with van der Waals surface area (Å²) >= 11 is 0. The second kappa shape index (κ2) is 10.8. The molecule has 2 rings (SSSR count). The first kappa shape index (κ1) is 20.3. The molecule has 0 aromatic heterocycles. The van der Waals surface area contributed by atoms with Gasteiger partial charge < -0.3 is 24.9 Å². The SMILES string of the molecule is CCOC(=O)C=CON=C(N)C1CCN(C(=O)OCc2ccccc2)CC1. The minimum Gasteiger partial charge on any atom is -0.463 e. The van der Waals surface area contributed by atoms with Crippen LogP contribution in [0.25, 0.3) is 0 Å². The fourth-order valence-corrected chi connectivity index (χ4v) is 2.61. The molecular weight excluding hydrogens is 350 g/mol. The Kier molecular flexibility index (Phi) is 8.15. The number of carbonyl (C=O) groups excluding carboxylic acids is 2. The predicted molar refractivity (Wildman–Crippen MR) is 99.4 cm³/mol. The molecule has 2 N–H and O–H groups in total. The molecule has 1 aromatic rings. The van der Waals surface area contributed by atoms with Crippen molar-refractivity contribution in [1.82, 2.24) is 4.90 Å². The minimum absolute atomic E-state index is 0.0131. The smallest absolute Gasteiger partial charge is 0.410 e. The molecule has 0 saturated carbocycles. The van der Waals surface area contributed by atoms with E-state index in [1.807, 2.05) is 30.3 Å². The Hall–Kier alpha value is -3.03. The Labute approximate surface area is 158 Å². The van der Waals surface area contributed by atoms with Crippen LogP contribution in [0, 0.1) is 5.92 Å². The summed E-state index contributed by atoms with van der Waals surface area (Å²) in [7, 11) is 0. The van der Waals surface area contributed by atoms with E-state index in [4.69, 9.17) is 20.0 Å². The van der Waals surface area contributed by atoms with Crippen molar-refractivity contribution in [2.24, 2.45) is 16.8 Å². The lowest BCUT2D eigenvalue weighted by atomic mass is 9.96. The lowest BCUT2D eigenvalue weighted by Crippen LogP contribution is -2.42. The van der Waals surface area contributed by atoms with Crippen LogP contribution in [0.4, 0.5) is 4.79 Å². The van der Waals surface area contributed by atoms with Crippen LogP contribution in [0.2, 0.25) is 0 Å². The Morgan fingerprint density at radius 1 is 1.22 bits per heavy atom. The molecule has 0 aliphatic carbocycles. The molecule has 1 saturated heterocycles. The lowest BCUT2D eigenvalue weighted by Gasteiger charge is -2.30. The van der Waals surface area contributed by atoms with Gasteiger partial charge in [-0.2, -0.15) is 0 Å². The third-order valence-corrected chi connectivity index (χ3v) is 4.09. The maximum atomic E-state index is 12.1. The van der Waals surface area contributed by atoms with E-state index in [0.717, 1.165) is 17.9 Å². The van der Waals surface area contributed by atoms with E-state index < -0.39 is 5.97 Å². The van der Waals surface area contributed by atoms with Crippen LogP contribution in [-0.2, 0) is 25.7 Å². The van der Waals surface area contributed by atoms with Gasteiger partial charge in [0.25, 0.3) is 0 Å². The standard InChI is InChI=1S/C19H25N3O5/c1-2-25-17(23)10-13-27-21-18(20)16-8-11-22(12-9-16)19(24)26-14-15-6-4-3-5-7-15/h3-7,10,13,16H,2,8-9,11-12,14H2,1H3,(H2,20,21). The van der Waals surface area contributed by atoms with Crippen molar-refractivity contribution in [1.29, 1.82) is 0 Å². The van der Waals surface area contributed by atoms with Gasteiger partial charge in [0.05, 0.1) is 12.7 Å². The number of esters is 1. The maximum Gasteiger partial charge on any atom is 0.410 e. The van der Waals surface area contributed by atoms with Crippen molar-refractivity contribution >= 4 is 17.9 Å². The number of hydrogen-bond acceptors (Lipinski definition) is 6. The number of likely N-dealkylation sites (tertiary alicyclic amines) is 1. The highest BCUT2D eigenvalue weighted by Gasteiger charge is 2.26. The van der Waals surface area contributed by atoms with Gasteiger partial charge in [-0.05, 0) is 25.3 Å². The Bertz CT molecular complexity index is 667. The first-order chi connectivity index (χ1) is 13.1. The molecule has 1 heterocycles. The average Bonchev–Trinajstić information content (AvgIpc) is 2.70. The summed E-state index contributed by atoms with van der Waals surface area (Å²) in [6, 6.07) is 9.54. The highest BCUT2D eigenvalue weighted by atomic mass is 16.6. The van der Waals surface area contributed by atoms with E-state index in [1.54, 1.807) is 11.8 Å². The van der Waals surface area contributed by atoms with E-state index in [2.05, 4.69) is 5.16 Å². The Morgan fingerprint density at radius 3 is 2.59 bits per heavy atom. The number of amides is 1. The topological polar surface area (TPSA) is 103 Å². The highest BCUT2D eigenvalue weighted by molar-refractivity contribution is 5.83. The molecule has 8 heteroatoms. The number of rotatable bonds is 7. The monoisotopic (exact) mass is 375 g/mol. The number of oxime groups is 1. The number of nitrogens with two attached hydrogens (primary N) is 1. The van der Waals surface area contributed by atoms with E-state index in [0.29, 0.717) is 38.4 Å². The molecule has 146 valence electrons. The third-order valence-electron chi connectivity index (χ3n) is 4.09. The first-order valence-corrected chi connectivity index (χ1v) is 8.88. The number of amidine groups is 1. The predicted octanol–water partition coefficient (Wildman–Crippen LogP) is 2.40. The van der Waals surface area contributed by atoms with Crippen molar-refractivity contribution < 1.29 is 23.9 Å².